The third-order valence-corrected chi connectivity index (χ3v) is 11.1. The Morgan fingerprint density at radius 2 is 1.75 bits per heavy atom. The van der Waals surface area contributed by atoms with Crippen LogP contribution in [0.4, 0.5) is 0 Å². The molecule has 28 heavy (non-hydrogen) atoms. The highest BCUT2D eigenvalue weighted by atomic mass is 32.2. The van der Waals surface area contributed by atoms with E-state index in [-0.39, 0.29) is 14.9 Å². The van der Waals surface area contributed by atoms with Gasteiger partial charge in [-0.2, -0.15) is 0 Å². The minimum absolute atomic E-state index is 0.00759. The van der Waals surface area contributed by atoms with Gasteiger partial charge in [0.2, 0.25) is 10.0 Å². The zero-order valence-electron chi connectivity index (χ0n) is 14.7. The van der Waals surface area contributed by atoms with Gasteiger partial charge in [-0.1, -0.05) is 18.2 Å². The van der Waals surface area contributed by atoms with Crippen LogP contribution in [-0.4, -0.2) is 54.6 Å². The molecule has 1 saturated heterocycles. The Kier molecular flexibility index (Phi) is 5.99. The van der Waals surface area contributed by atoms with Crippen LogP contribution in [0.1, 0.15) is 5.56 Å². The summed E-state index contributed by atoms with van der Waals surface area (Å²) in [7, 11) is -10.9. The summed E-state index contributed by atoms with van der Waals surface area (Å²) in [6, 6.07) is 8.44. The van der Waals surface area contributed by atoms with Gasteiger partial charge in [-0.15, -0.1) is 11.3 Å². The highest BCUT2D eigenvalue weighted by Gasteiger charge is 2.45. The van der Waals surface area contributed by atoms with Gasteiger partial charge in [0.05, 0.1) is 21.7 Å². The second kappa shape index (κ2) is 7.84. The number of benzene rings is 1. The van der Waals surface area contributed by atoms with Gasteiger partial charge < -0.3 is 5.32 Å². The molecule has 0 amide bonds. The maximum Gasteiger partial charge on any atom is 0.238 e. The van der Waals surface area contributed by atoms with Crippen LogP contribution in [0.2, 0.25) is 0 Å². The average Bonchev–Trinajstić information content (AvgIpc) is 3.23. The first-order chi connectivity index (χ1) is 13.0. The maximum atomic E-state index is 12.8. The Morgan fingerprint density at radius 1 is 1.07 bits per heavy atom. The van der Waals surface area contributed by atoms with Gasteiger partial charge in [0.1, 0.15) is 4.21 Å². The van der Waals surface area contributed by atoms with Crippen molar-refractivity contribution in [2.75, 3.05) is 18.1 Å². The van der Waals surface area contributed by atoms with Crippen molar-refractivity contribution in [1.29, 1.82) is 0 Å². The fraction of sp³-hybridized carbons (Fsp3) is 0.375. The molecule has 3 N–H and O–H groups in total. The lowest BCUT2D eigenvalue weighted by molar-refractivity contribution is 0.529. The Balaban J connectivity index is 1.68. The van der Waals surface area contributed by atoms with Gasteiger partial charge in [0, 0.05) is 6.04 Å². The fourth-order valence-electron chi connectivity index (χ4n) is 3.13. The van der Waals surface area contributed by atoms with Gasteiger partial charge in [0.15, 0.2) is 19.7 Å². The molecular weight excluding hydrogens is 444 g/mol. The maximum absolute atomic E-state index is 12.8. The summed E-state index contributed by atoms with van der Waals surface area (Å²) in [5.74, 6) is -0.624. The number of primary sulfonamides is 1. The van der Waals surface area contributed by atoms with Gasteiger partial charge in [0.25, 0.3) is 0 Å². The molecule has 0 saturated carbocycles. The zero-order chi connectivity index (χ0) is 20.6. The molecule has 154 valence electrons. The number of sulfone groups is 2. The van der Waals surface area contributed by atoms with E-state index in [4.69, 9.17) is 5.14 Å². The standard InChI is InChI=1S/C16H20N2O6S4/c17-28(23,24)13-5-3-12(4-6-13)7-8-18-14-10-26(19,20)11-15(14)27(21,22)16-2-1-9-25-16/h1-6,9,14-15,18H,7-8,10-11H2,(H2,17,23,24). The molecule has 0 aliphatic carbocycles. The van der Waals surface area contributed by atoms with Gasteiger partial charge in [-0.05, 0) is 42.1 Å². The molecule has 1 aromatic carbocycles. The van der Waals surface area contributed by atoms with Crippen molar-refractivity contribution in [3.63, 3.8) is 0 Å². The molecule has 0 spiro atoms. The predicted molar refractivity (Wildman–Crippen MR) is 107 cm³/mol. The molecule has 1 aliphatic heterocycles. The largest absolute Gasteiger partial charge is 0.311 e. The molecule has 0 radical (unpaired) electrons. The third-order valence-electron chi connectivity index (χ3n) is 4.55. The van der Waals surface area contributed by atoms with Crippen LogP contribution in [0.3, 0.4) is 0 Å². The van der Waals surface area contributed by atoms with Crippen LogP contribution in [-0.2, 0) is 36.1 Å². The Morgan fingerprint density at radius 3 is 2.32 bits per heavy atom. The Bertz CT molecular complexity index is 1140. The van der Waals surface area contributed by atoms with Crippen molar-refractivity contribution in [2.45, 2.75) is 26.8 Å². The molecule has 0 bridgehead atoms. The zero-order valence-corrected chi connectivity index (χ0v) is 18.0. The van der Waals surface area contributed by atoms with E-state index < -0.39 is 46.7 Å². The third kappa shape index (κ3) is 4.81. The molecule has 2 heterocycles. The topological polar surface area (TPSA) is 140 Å². The summed E-state index contributed by atoms with van der Waals surface area (Å²) in [5.41, 5.74) is 0.818. The normalized spacial score (nSPS) is 22.3. The number of thiophene rings is 1. The first-order valence-electron chi connectivity index (χ1n) is 8.32. The van der Waals surface area contributed by atoms with Crippen LogP contribution in [0, 0.1) is 0 Å². The molecular formula is C16H20N2O6S4. The molecule has 1 aliphatic rings. The highest BCUT2D eigenvalue weighted by molar-refractivity contribution is 7.97. The quantitative estimate of drug-likeness (QED) is 0.595. The minimum Gasteiger partial charge on any atom is -0.311 e. The van der Waals surface area contributed by atoms with Gasteiger partial charge in [-0.3, -0.25) is 0 Å². The van der Waals surface area contributed by atoms with Crippen molar-refractivity contribution in [3.8, 4) is 0 Å². The van der Waals surface area contributed by atoms with E-state index in [0.717, 1.165) is 16.9 Å². The molecule has 1 fully saturated rings. The first-order valence-corrected chi connectivity index (χ1v) is 14.1. The monoisotopic (exact) mass is 464 g/mol. The molecule has 1 aromatic heterocycles. The molecule has 8 nitrogen and oxygen atoms in total. The summed E-state index contributed by atoms with van der Waals surface area (Å²) in [4.78, 5) is 0.00759. The van der Waals surface area contributed by atoms with E-state index in [1.807, 2.05) is 0 Å². The van der Waals surface area contributed by atoms with E-state index in [1.54, 1.807) is 23.6 Å². The second-order valence-corrected chi connectivity index (χ2v) is 13.6. The van der Waals surface area contributed by atoms with Crippen molar-refractivity contribution < 1.29 is 25.3 Å². The molecule has 2 atom stereocenters. The lowest BCUT2D eigenvalue weighted by atomic mass is 10.1. The van der Waals surface area contributed by atoms with E-state index >= 15 is 0 Å². The van der Waals surface area contributed by atoms with Crippen LogP contribution in [0.25, 0.3) is 0 Å². The highest BCUT2D eigenvalue weighted by Crippen LogP contribution is 2.28. The lowest BCUT2D eigenvalue weighted by Gasteiger charge is -2.19. The van der Waals surface area contributed by atoms with Crippen LogP contribution in [0.15, 0.2) is 50.9 Å². The summed E-state index contributed by atoms with van der Waals surface area (Å²) in [6.07, 6.45) is 0.479. The smallest absolute Gasteiger partial charge is 0.238 e. The van der Waals surface area contributed by atoms with E-state index in [0.29, 0.717) is 13.0 Å². The van der Waals surface area contributed by atoms with Crippen LogP contribution < -0.4 is 10.5 Å². The van der Waals surface area contributed by atoms with E-state index in [9.17, 15) is 25.3 Å². The lowest BCUT2D eigenvalue weighted by Crippen LogP contribution is -2.43. The van der Waals surface area contributed by atoms with Gasteiger partial charge >= 0.3 is 0 Å². The SMILES string of the molecule is NS(=O)(=O)c1ccc(CCNC2CS(=O)(=O)CC2S(=O)(=O)c2cccs2)cc1. The Hall–Kier alpha value is -1.31. The molecule has 3 rings (SSSR count). The van der Waals surface area contributed by atoms with E-state index in [1.165, 1.54) is 18.2 Å². The number of hydrogen-bond donors (Lipinski definition) is 2. The number of nitrogens with one attached hydrogen (secondary N) is 1. The van der Waals surface area contributed by atoms with Crippen LogP contribution in [0.5, 0.6) is 0 Å². The fourth-order valence-corrected chi connectivity index (χ4v) is 9.59. The van der Waals surface area contributed by atoms with E-state index in [2.05, 4.69) is 5.32 Å². The van der Waals surface area contributed by atoms with Crippen LogP contribution >= 0.6 is 11.3 Å². The van der Waals surface area contributed by atoms with Crippen molar-refractivity contribution in [1.82, 2.24) is 5.32 Å². The number of rotatable bonds is 7. The summed E-state index contributed by atoms with van der Waals surface area (Å²) in [5, 5.41) is 8.73. The molecule has 2 aromatic rings. The summed E-state index contributed by atoms with van der Waals surface area (Å²) in [6.45, 7) is 0.353. The average molecular weight is 465 g/mol. The summed E-state index contributed by atoms with van der Waals surface area (Å²) < 4.78 is 72.4. The number of hydrogen-bond acceptors (Lipinski definition) is 8. The first kappa shape index (κ1) is 21.4. The Labute approximate surface area is 168 Å². The number of nitrogens with two attached hydrogens (primary N) is 1. The van der Waals surface area contributed by atoms with Crippen molar-refractivity contribution >= 4 is 41.0 Å². The summed E-state index contributed by atoms with van der Waals surface area (Å²) >= 11 is 1.07. The van der Waals surface area contributed by atoms with Crippen molar-refractivity contribution in [3.05, 3.63) is 47.3 Å². The second-order valence-electron chi connectivity index (χ2n) is 6.59. The molecule has 12 heteroatoms. The van der Waals surface area contributed by atoms with Gasteiger partial charge in [-0.25, -0.2) is 30.4 Å². The van der Waals surface area contributed by atoms with Crippen molar-refractivity contribution in [2.24, 2.45) is 5.14 Å². The minimum atomic E-state index is -3.76. The predicted octanol–water partition coefficient (Wildman–Crippen LogP) is 0.167. The number of sulfonamides is 1. The molecule has 2 unspecified atom stereocenters.